The van der Waals surface area contributed by atoms with Crippen molar-refractivity contribution in [1.29, 1.82) is 0 Å². The lowest BCUT2D eigenvalue weighted by Crippen LogP contribution is -2.15. The molecule has 1 heterocycles. The second kappa shape index (κ2) is 11.7. The lowest BCUT2D eigenvalue weighted by molar-refractivity contribution is -0.384. The highest BCUT2D eigenvalue weighted by Gasteiger charge is 2.32. The van der Waals surface area contributed by atoms with Crippen LogP contribution < -0.4 is 10.6 Å². The number of aromatic hydroxyl groups is 1. The van der Waals surface area contributed by atoms with Crippen LogP contribution in [0.3, 0.4) is 0 Å². The van der Waals surface area contributed by atoms with Gasteiger partial charge in [-0.15, -0.1) is 5.11 Å². The number of aromatic amines is 1. The predicted octanol–water partition coefficient (Wildman–Crippen LogP) is 4.99. The van der Waals surface area contributed by atoms with E-state index in [9.17, 15) is 54.1 Å². The summed E-state index contributed by atoms with van der Waals surface area (Å²) < 4.78 is 103. The second-order valence-corrected chi connectivity index (χ2v) is 13.8. The van der Waals surface area contributed by atoms with Crippen LogP contribution in [-0.2, 0) is 30.4 Å². The predicted molar refractivity (Wildman–Crippen MR) is 166 cm³/mol. The van der Waals surface area contributed by atoms with Gasteiger partial charge in [0.25, 0.3) is 36.0 Å². The maximum Gasteiger partial charge on any atom is 0.296 e. The average Bonchev–Trinajstić information content (AvgIpc) is 3.51. The Kier molecular flexibility index (Phi) is 8.21. The second-order valence-electron chi connectivity index (χ2n) is 9.59. The Morgan fingerprint density at radius 2 is 1.40 bits per heavy atom. The normalized spacial score (nSPS) is 12.5. The van der Waals surface area contributed by atoms with E-state index >= 15 is 0 Å². The van der Waals surface area contributed by atoms with Gasteiger partial charge in [-0.2, -0.15) is 30.4 Å². The molecule has 0 radical (unpaired) electrons. The molecular formula is C26H20N6O12S3. The van der Waals surface area contributed by atoms with Crippen molar-refractivity contribution in [2.45, 2.75) is 14.7 Å². The lowest BCUT2D eigenvalue weighted by Gasteiger charge is -2.27. The Morgan fingerprint density at radius 3 is 1.91 bits per heavy atom. The van der Waals surface area contributed by atoms with Crippen LogP contribution in [0.15, 0.2) is 104 Å². The molecule has 5 rings (SSSR count). The van der Waals surface area contributed by atoms with E-state index in [1.54, 1.807) is 0 Å². The van der Waals surface area contributed by atoms with Crippen molar-refractivity contribution in [3.05, 3.63) is 89.1 Å². The summed E-state index contributed by atoms with van der Waals surface area (Å²) in [4.78, 5) is 11.7. The summed E-state index contributed by atoms with van der Waals surface area (Å²) in [5.74, 6) is -0.884. The first-order chi connectivity index (χ1) is 21.9. The number of hydrogen-bond donors (Lipinski definition) is 6. The minimum atomic E-state index is -5.24. The first-order valence-corrected chi connectivity index (χ1v) is 16.9. The summed E-state index contributed by atoms with van der Waals surface area (Å²) in [7, 11) is -15.0. The molecule has 0 atom stereocenters. The smallest absolute Gasteiger partial charge is 0.296 e. The number of nitro groups is 1. The van der Waals surface area contributed by atoms with Crippen LogP contribution in [0, 0.1) is 10.1 Å². The van der Waals surface area contributed by atoms with Crippen LogP contribution in [0.4, 0.5) is 39.9 Å². The van der Waals surface area contributed by atoms with Crippen molar-refractivity contribution in [3.8, 4) is 5.75 Å². The number of nitrogens with two attached hydrogens (primary N) is 1. The number of H-pyrrole nitrogens is 1. The molecule has 0 fully saturated rings. The molecule has 4 aromatic carbocycles. The zero-order chi connectivity index (χ0) is 34.5. The van der Waals surface area contributed by atoms with Crippen LogP contribution in [0.5, 0.6) is 5.75 Å². The number of nitrogens with one attached hydrogen (secondary N) is 1. The van der Waals surface area contributed by atoms with Crippen molar-refractivity contribution in [2.24, 2.45) is 10.2 Å². The number of nitro benzene ring substituents is 1. The van der Waals surface area contributed by atoms with Crippen molar-refractivity contribution in [2.75, 3.05) is 10.6 Å². The molecule has 0 aliphatic heterocycles. The van der Waals surface area contributed by atoms with Gasteiger partial charge in [-0.05, 0) is 66.0 Å². The van der Waals surface area contributed by atoms with Crippen LogP contribution in [0.25, 0.3) is 10.8 Å². The molecule has 0 bridgehead atoms. The third kappa shape index (κ3) is 6.46. The fourth-order valence-electron chi connectivity index (χ4n) is 4.59. The highest BCUT2D eigenvalue weighted by molar-refractivity contribution is 7.86. The monoisotopic (exact) mass is 704 g/mol. The summed E-state index contributed by atoms with van der Waals surface area (Å²) >= 11 is 0. The SMILES string of the molecule is Nc1c(N=Nc2ccc([N+](=O)[O-])cc2)c(S(=O)(=O)O)cc2cc(S(=O)(=O)O)c(N(c3ccc(S(=O)(=O)O)cc3)c3ccc[nH]3)c(O)c12. The molecule has 244 valence electrons. The van der Waals surface area contributed by atoms with Crippen LogP contribution in [0.1, 0.15) is 0 Å². The molecule has 21 heteroatoms. The van der Waals surface area contributed by atoms with E-state index in [0.29, 0.717) is 0 Å². The van der Waals surface area contributed by atoms with Crippen molar-refractivity contribution in [3.63, 3.8) is 0 Å². The van der Waals surface area contributed by atoms with Gasteiger partial charge in [0.05, 0.1) is 26.6 Å². The fraction of sp³-hybridized carbons (Fsp3) is 0. The number of benzene rings is 4. The molecule has 47 heavy (non-hydrogen) atoms. The maximum absolute atomic E-state index is 12.7. The molecule has 0 aliphatic rings. The Hall–Kier alpha value is -5.45. The van der Waals surface area contributed by atoms with Crippen LogP contribution in [-0.4, -0.2) is 53.9 Å². The topological polar surface area (TPSA) is 296 Å². The maximum atomic E-state index is 12.7. The van der Waals surface area contributed by atoms with Gasteiger partial charge in [0.2, 0.25) is 0 Å². The summed E-state index contributed by atoms with van der Waals surface area (Å²) in [5, 5.41) is 29.5. The summed E-state index contributed by atoms with van der Waals surface area (Å²) in [6, 6.07) is 13.2. The number of hydrogen-bond acceptors (Lipinski definition) is 13. The summed E-state index contributed by atoms with van der Waals surface area (Å²) in [6.45, 7) is 0. The third-order valence-electron chi connectivity index (χ3n) is 6.63. The number of nitrogens with zero attached hydrogens (tertiary/aromatic N) is 4. The van der Waals surface area contributed by atoms with E-state index in [1.807, 2.05) is 0 Å². The first-order valence-electron chi connectivity index (χ1n) is 12.6. The van der Waals surface area contributed by atoms with Gasteiger partial charge < -0.3 is 15.8 Å². The lowest BCUT2D eigenvalue weighted by atomic mass is 10.0. The molecule has 18 nitrogen and oxygen atoms in total. The Morgan fingerprint density at radius 1 is 0.809 bits per heavy atom. The number of aromatic nitrogens is 1. The van der Waals surface area contributed by atoms with E-state index in [1.165, 1.54) is 30.5 Å². The van der Waals surface area contributed by atoms with Crippen LogP contribution >= 0.6 is 0 Å². The van der Waals surface area contributed by atoms with Gasteiger partial charge in [-0.1, -0.05) is 0 Å². The zero-order valence-corrected chi connectivity index (χ0v) is 25.6. The third-order valence-corrected chi connectivity index (χ3v) is 9.24. The number of azo groups is 1. The number of phenolic OH excluding ortho intramolecular Hbond substituents is 1. The Labute approximate surface area is 264 Å². The minimum Gasteiger partial charge on any atom is -0.505 e. The fourth-order valence-corrected chi connectivity index (χ4v) is 6.45. The van der Waals surface area contributed by atoms with Gasteiger partial charge >= 0.3 is 0 Å². The molecule has 5 aromatic rings. The van der Waals surface area contributed by atoms with Gasteiger partial charge in [-0.3, -0.25) is 28.7 Å². The van der Waals surface area contributed by atoms with Crippen LogP contribution in [0.2, 0.25) is 0 Å². The number of non-ortho nitro benzene ring substituents is 1. The van der Waals surface area contributed by atoms with Crippen molar-refractivity contribution in [1.82, 2.24) is 4.98 Å². The Bertz CT molecular complexity index is 2410. The minimum absolute atomic E-state index is 0.00530. The number of phenols is 1. The molecule has 0 spiro atoms. The van der Waals surface area contributed by atoms with E-state index < -0.39 is 83.5 Å². The van der Waals surface area contributed by atoms with Gasteiger partial charge in [0.15, 0.2) is 5.75 Å². The molecule has 0 saturated carbocycles. The standard InChI is InChI=1S/C26H20N6O12S3/c27-23-22-14(12-19(46(39,40)41)24(23)30-29-15-3-5-17(6-4-15)32(34)35)13-20(47(42,43)44)25(26(22)33)31(21-2-1-11-28-21)16-7-9-18(10-8-16)45(36,37)38/h1-13,28,33H,27H2,(H,36,37,38)(H,39,40,41)(H,42,43,44). The number of nitrogen functional groups attached to an aromatic ring is 1. The van der Waals surface area contributed by atoms with E-state index in [4.69, 9.17) is 5.73 Å². The summed E-state index contributed by atoms with van der Waals surface area (Å²) in [6.07, 6.45) is 1.42. The van der Waals surface area contributed by atoms with E-state index in [2.05, 4.69) is 15.2 Å². The van der Waals surface area contributed by atoms with E-state index in [0.717, 1.165) is 53.4 Å². The van der Waals surface area contributed by atoms with Gasteiger partial charge in [0, 0.05) is 24.0 Å². The molecule has 0 amide bonds. The highest BCUT2D eigenvalue weighted by Crippen LogP contribution is 2.51. The number of fused-ring (bicyclic) bond motifs is 1. The number of rotatable bonds is 9. The molecule has 0 aliphatic carbocycles. The molecule has 0 saturated heterocycles. The van der Waals surface area contributed by atoms with Crippen molar-refractivity contribution < 1.29 is 48.9 Å². The number of anilines is 4. The molecule has 0 unspecified atom stereocenters. The molecular weight excluding hydrogens is 685 g/mol. The largest absolute Gasteiger partial charge is 0.505 e. The van der Waals surface area contributed by atoms with Gasteiger partial charge in [0.1, 0.15) is 27.0 Å². The zero-order valence-electron chi connectivity index (χ0n) is 23.2. The average molecular weight is 705 g/mol. The van der Waals surface area contributed by atoms with Gasteiger partial charge in [-0.25, -0.2) is 0 Å². The van der Waals surface area contributed by atoms with E-state index in [-0.39, 0.29) is 22.9 Å². The Balaban J connectivity index is 1.84. The van der Waals surface area contributed by atoms with Crippen molar-refractivity contribution >= 4 is 81.1 Å². The highest BCUT2D eigenvalue weighted by atomic mass is 32.2. The first kappa shape index (κ1) is 32.9. The summed E-state index contributed by atoms with van der Waals surface area (Å²) in [5.41, 5.74) is 4.01. The quantitative estimate of drug-likeness (QED) is 0.0387. The molecule has 7 N–H and O–H groups in total. The molecule has 1 aromatic heterocycles.